The summed E-state index contributed by atoms with van der Waals surface area (Å²) in [5, 5.41) is 0. The van der Waals surface area contributed by atoms with Gasteiger partial charge in [-0.1, -0.05) is 77.0 Å². The van der Waals surface area contributed by atoms with E-state index in [1.54, 1.807) is 51.4 Å². The fourth-order valence-electron chi connectivity index (χ4n) is 5.74. The van der Waals surface area contributed by atoms with Crippen LogP contribution >= 0.6 is 17.2 Å². The van der Waals surface area contributed by atoms with Crippen molar-refractivity contribution in [2.24, 2.45) is 0 Å². The summed E-state index contributed by atoms with van der Waals surface area (Å²) in [6.07, 6.45) is 30.9. The Hall–Kier alpha value is 1.37. The Kier molecular flexibility index (Phi) is 13.9. The maximum absolute atomic E-state index is 1.56. The molecule has 4 rings (SSSR count). The van der Waals surface area contributed by atoms with Crippen molar-refractivity contribution in [3.63, 3.8) is 0 Å². The summed E-state index contributed by atoms with van der Waals surface area (Å²) in [4.78, 5) is 0. The van der Waals surface area contributed by atoms with Crippen LogP contribution in [-0.4, -0.2) is 22.6 Å². The molecule has 0 aromatic carbocycles. The first-order chi connectivity index (χ1) is 12.9. The second kappa shape index (κ2) is 15.2. The minimum absolute atomic E-state index is 0. The van der Waals surface area contributed by atoms with Crippen molar-refractivity contribution < 1.29 is 16.8 Å². The van der Waals surface area contributed by atoms with Gasteiger partial charge in [0.05, 0.1) is 0 Å². The molecule has 0 N–H and O–H groups in total. The zero-order valence-corrected chi connectivity index (χ0v) is 20.8. The molecule has 0 aromatic heterocycles. The Labute approximate surface area is 184 Å². The van der Waals surface area contributed by atoms with Crippen LogP contribution in [0.1, 0.15) is 128 Å². The van der Waals surface area contributed by atoms with Crippen LogP contribution < -0.4 is 0 Å². The quantitative estimate of drug-likeness (QED) is 0.372. The van der Waals surface area contributed by atoms with E-state index in [-0.39, 0.29) is 16.8 Å². The monoisotopic (exact) mass is 455 g/mol. The van der Waals surface area contributed by atoms with Gasteiger partial charge in [-0.05, 0) is 74.0 Å². The van der Waals surface area contributed by atoms with Crippen LogP contribution in [0.15, 0.2) is 0 Å². The van der Waals surface area contributed by atoms with Gasteiger partial charge in [0.25, 0.3) is 0 Å². The van der Waals surface area contributed by atoms with Crippen LogP contribution in [0.3, 0.4) is 0 Å². The Balaban J connectivity index is 0.000000187. The van der Waals surface area contributed by atoms with Crippen LogP contribution in [-0.2, 0) is 16.8 Å². The van der Waals surface area contributed by atoms with Crippen molar-refractivity contribution in [1.82, 2.24) is 0 Å². The Morgan fingerprint density at radius 1 is 0.296 bits per heavy atom. The third-order valence-electron chi connectivity index (χ3n) is 7.36. The minimum atomic E-state index is 0. The van der Waals surface area contributed by atoms with E-state index in [1.807, 2.05) is 0 Å². The van der Waals surface area contributed by atoms with Crippen molar-refractivity contribution in [3.05, 3.63) is 0 Å². The topological polar surface area (TPSA) is 0 Å². The molecule has 0 aliphatic heterocycles. The van der Waals surface area contributed by atoms with Crippen molar-refractivity contribution in [1.29, 1.82) is 0 Å². The van der Waals surface area contributed by atoms with E-state index in [0.29, 0.717) is 0 Å². The zero-order valence-electron chi connectivity index (χ0n) is 17.8. The summed E-state index contributed by atoms with van der Waals surface area (Å²) < 4.78 is 0. The molecule has 4 aliphatic rings. The maximum Gasteiger partial charge on any atom is 0 e. The van der Waals surface area contributed by atoms with E-state index < -0.39 is 0 Å². The van der Waals surface area contributed by atoms with E-state index in [2.05, 4.69) is 0 Å². The molecule has 4 aliphatic carbocycles. The van der Waals surface area contributed by atoms with E-state index in [9.17, 15) is 0 Å². The third kappa shape index (κ3) is 10.3. The summed E-state index contributed by atoms with van der Waals surface area (Å²) in [5.41, 5.74) is 4.60. The zero-order chi connectivity index (χ0) is 17.9. The molecule has 4 fully saturated rings. The molecule has 0 spiro atoms. The molecule has 3 heteroatoms. The first kappa shape index (κ1) is 24.6. The van der Waals surface area contributed by atoms with Crippen LogP contribution in [0.25, 0.3) is 0 Å². The standard InChI is InChI=1S/2C12H23P.Co/c2*1-3-7-11(8-4-1)13-12-9-5-2-6-10-12;/h2*11-13H,1-10H2;. The van der Waals surface area contributed by atoms with E-state index in [1.165, 1.54) is 94.2 Å². The van der Waals surface area contributed by atoms with Crippen LogP contribution in [0.4, 0.5) is 0 Å². The summed E-state index contributed by atoms with van der Waals surface area (Å²) in [5.74, 6) is 0. The summed E-state index contributed by atoms with van der Waals surface area (Å²) in [7, 11) is 2.66. The molecule has 0 unspecified atom stereocenters. The molecule has 0 saturated heterocycles. The number of hydrogen-bond acceptors (Lipinski definition) is 0. The molecule has 0 atom stereocenters. The predicted molar refractivity (Wildman–Crippen MR) is 124 cm³/mol. The van der Waals surface area contributed by atoms with Gasteiger partial charge in [-0.3, -0.25) is 0 Å². The van der Waals surface area contributed by atoms with Gasteiger partial charge in [0.15, 0.2) is 0 Å². The fraction of sp³-hybridized carbons (Fsp3) is 1.00. The van der Waals surface area contributed by atoms with Crippen LogP contribution in [0.5, 0.6) is 0 Å². The molecule has 0 aromatic rings. The molecule has 0 heterocycles. The van der Waals surface area contributed by atoms with Crippen molar-refractivity contribution >= 4 is 17.2 Å². The van der Waals surface area contributed by atoms with E-state index in [0.717, 1.165) is 22.6 Å². The molecule has 4 saturated carbocycles. The van der Waals surface area contributed by atoms with Gasteiger partial charge in [0.1, 0.15) is 0 Å². The van der Waals surface area contributed by atoms with Gasteiger partial charge >= 0.3 is 0 Å². The van der Waals surface area contributed by atoms with Gasteiger partial charge in [0, 0.05) is 16.8 Å². The largest absolute Gasteiger partial charge is 0.116 e. The van der Waals surface area contributed by atoms with Crippen LogP contribution in [0.2, 0.25) is 0 Å². The first-order valence-electron chi connectivity index (χ1n) is 12.4. The van der Waals surface area contributed by atoms with E-state index in [4.69, 9.17) is 0 Å². The number of rotatable bonds is 4. The summed E-state index contributed by atoms with van der Waals surface area (Å²) in [6, 6.07) is 0. The molecular formula is C24H46CoP2. The Morgan fingerprint density at radius 2 is 0.481 bits per heavy atom. The minimum Gasteiger partial charge on any atom is -0.116 e. The fourth-order valence-corrected chi connectivity index (χ4v) is 10.0. The molecule has 0 bridgehead atoms. The SMILES string of the molecule is C1CCC(PC2CCCCC2)CC1.C1CCC(PC2CCCCC2)CC1.[Co]. The van der Waals surface area contributed by atoms with E-state index >= 15 is 0 Å². The smallest absolute Gasteiger partial charge is 0 e. The maximum atomic E-state index is 1.56. The summed E-state index contributed by atoms with van der Waals surface area (Å²) in [6.45, 7) is 0. The Morgan fingerprint density at radius 3 is 0.667 bits per heavy atom. The summed E-state index contributed by atoms with van der Waals surface area (Å²) >= 11 is 0. The second-order valence-corrected chi connectivity index (χ2v) is 13.6. The van der Waals surface area contributed by atoms with Gasteiger partial charge in [-0.15, -0.1) is 17.2 Å². The molecule has 1 radical (unpaired) electrons. The second-order valence-electron chi connectivity index (χ2n) is 9.67. The van der Waals surface area contributed by atoms with Crippen molar-refractivity contribution in [2.45, 2.75) is 151 Å². The average molecular weight is 456 g/mol. The van der Waals surface area contributed by atoms with Crippen molar-refractivity contribution in [3.8, 4) is 0 Å². The van der Waals surface area contributed by atoms with Gasteiger partial charge in [-0.2, -0.15) is 0 Å². The molecule has 161 valence electrons. The third-order valence-corrected chi connectivity index (χ3v) is 11.6. The van der Waals surface area contributed by atoms with Gasteiger partial charge in [0.2, 0.25) is 0 Å². The molecule has 27 heavy (non-hydrogen) atoms. The first-order valence-corrected chi connectivity index (χ1v) is 14.7. The molecular weight excluding hydrogens is 409 g/mol. The van der Waals surface area contributed by atoms with Crippen molar-refractivity contribution in [2.75, 3.05) is 0 Å². The van der Waals surface area contributed by atoms with Crippen LogP contribution in [0, 0.1) is 0 Å². The average Bonchev–Trinajstić information content (AvgIpc) is 2.72. The predicted octanol–water partition coefficient (Wildman–Crippen LogP) is 8.66. The number of hydrogen-bond donors (Lipinski definition) is 0. The molecule has 0 nitrogen and oxygen atoms in total. The Bertz CT molecular complexity index is 272. The molecule has 0 amide bonds. The van der Waals surface area contributed by atoms with Gasteiger partial charge in [-0.25, -0.2) is 0 Å². The normalized spacial score (nSPS) is 26.7. The van der Waals surface area contributed by atoms with Gasteiger partial charge < -0.3 is 0 Å².